The molecule has 3 N–H and O–H groups in total. The Hall–Kier alpha value is -2.97. The van der Waals surface area contributed by atoms with Crippen molar-refractivity contribution in [2.75, 3.05) is 20.3 Å². The second kappa shape index (κ2) is 15.2. The van der Waals surface area contributed by atoms with E-state index in [0.717, 1.165) is 31.2 Å². The Kier molecular flexibility index (Phi) is 12.4. The van der Waals surface area contributed by atoms with Gasteiger partial charge in [-0.1, -0.05) is 55.3 Å². The molecule has 8 heteroatoms. The first kappa shape index (κ1) is 29.3. The van der Waals surface area contributed by atoms with Gasteiger partial charge < -0.3 is 25.2 Å². The Morgan fingerprint density at radius 2 is 1.83 bits per heavy atom. The minimum atomic E-state index is -0.776. The van der Waals surface area contributed by atoms with Crippen molar-refractivity contribution >= 4 is 17.8 Å². The van der Waals surface area contributed by atoms with Crippen molar-refractivity contribution in [3.63, 3.8) is 0 Å². The first-order chi connectivity index (χ1) is 17.4. The van der Waals surface area contributed by atoms with Gasteiger partial charge in [0.1, 0.15) is 6.10 Å². The summed E-state index contributed by atoms with van der Waals surface area (Å²) >= 11 is 0. The monoisotopic (exact) mass is 500 g/mol. The van der Waals surface area contributed by atoms with E-state index >= 15 is 0 Å². The summed E-state index contributed by atoms with van der Waals surface area (Å²) < 4.78 is 11.1. The first-order valence-corrected chi connectivity index (χ1v) is 12.6. The minimum Gasteiger partial charge on any atom is -0.455 e. The van der Waals surface area contributed by atoms with Crippen LogP contribution in [0.25, 0.3) is 0 Å². The fraction of sp³-hybridized carbons (Fsp3) is 0.536. The molecule has 1 saturated carbocycles. The van der Waals surface area contributed by atoms with Gasteiger partial charge in [-0.2, -0.15) is 0 Å². The number of methoxy groups -OCH3 is 1. The summed E-state index contributed by atoms with van der Waals surface area (Å²) in [5.41, 5.74) is 0.110. The average Bonchev–Trinajstić information content (AvgIpc) is 3.34. The highest BCUT2D eigenvalue weighted by atomic mass is 16.5. The molecule has 0 heterocycles. The minimum absolute atomic E-state index is 0.0472. The predicted octanol–water partition coefficient (Wildman–Crippen LogP) is 3.37. The number of allylic oxidation sites excluding steroid dienone is 2. The number of aliphatic hydroxyl groups is 1. The number of esters is 1. The molecule has 3 atom stereocenters. The number of amides is 2. The van der Waals surface area contributed by atoms with E-state index in [9.17, 15) is 19.5 Å². The molecule has 36 heavy (non-hydrogen) atoms. The van der Waals surface area contributed by atoms with Gasteiger partial charge in [0.05, 0.1) is 30.7 Å². The lowest BCUT2D eigenvalue weighted by molar-refractivity contribution is -0.153. The third-order valence-corrected chi connectivity index (χ3v) is 6.50. The van der Waals surface area contributed by atoms with Crippen LogP contribution in [-0.4, -0.2) is 54.8 Å². The van der Waals surface area contributed by atoms with Crippen molar-refractivity contribution in [3.05, 3.63) is 61.2 Å². The number of nitrogens with one attached hydrogen (secondary N) is 2. The van der Waals surface area contributed by atoms with Crippen molar-refractivity contribution < 1.29 is 29.0 Å². The van der Waals surface area contributed by atoms with Crippen LogP contribution in [-0.2, 0) is 23.9 Å². The molecule has 1 fully saturated rings. The van der Waals surface area contributed by atoms with E-state index in [2.05, 4.69) is 23.8 Å². The van der Waals surface area contributed by atoms with E-state index < -0.39 is 29.6 Å². The van der Waals surface area contributed by atoms with E-state index in [4.69, 9.17) is 9.47 Å². The molecule has 8 nitrogen and oxygen atoms in total. The van der Waals surface area contributed by atoms with E-state index in [1.807, 2.05) is 30.3 Å². The molecule has 0 unspecified atom stereocenters. The summed E-state index contributed by atoms with van der Waals surface area (Å²) in [7, 11) is 1.51. The van der Waals surface area contributed by atoms with E-state index in [1.54, 1.807) is 12.2 Å². The first-order valence-electron chi connectivity index (χ1n) is 12.6. The summed E-state index contributed by atoms with van der Waals surface area (Å²) in [6.45, 7) is 7.35. The lowest BCUT2D eigenvalue weighted by atomic mass is 9.95. The van der Waals surface area contributed by atoms with Crippen molar-refractivity contribution in [3.8, 4) is 0 Å². The maximum Gasteiger partial charge on any atom is 0.306 e. The molecule has 1 aliphatic rings. The number of rotatable bonds is 16. The Bertz CT molecular complexity index is 866. The second-order valence-electron chi connectivity index (χ2n) is 9.34. The quantitative estimate of drug-likeness (QED) is 0.237. The van der Waals surface area contributed by atoms with Gasteiger partial charge in [0.25, 0.3) is 0 Å². The second-order valence-corrected chi connectivity index (χ2v) is 9.34. The molecule has 0 aromatic heterocycles. The molecule has 2 rings (SSSR count). The van der Waals surface area contributed by atoms with Crippen LogP contribution < -0.4 is 10.6 Å². The third-order valence-electron chi connectivity index (χ3n) is 6.50. The third kappa shape index (κ3) is 8.91. The highest BCUT2D eigenvalue weighted by Gasteiger charge is 2.36. The van der Waals surface area contributed by atoms with Crippen LogP contribution in [0.3, 0.4) is 0 Å². The molecular formula is C28H40N2O6. The van der Waals surface area contributed by atoms with Crippen LogP contribution in [0, 0.1) is 5.92 Å². The number of ether oxygens (including phenoxy) is 2. The predicted molar refractivity (Wildman–Crippen MR) is 138 cm³/mol. The van der Waals surface area contributed by atoms with Crippen molar-refractivity contribution in [2.24, 2.45) is 5.92 Å². The van der Waals surface area contributed by atoms with Crippen LogP contribution in [0.5, 0.6) is 0 Å². The van der Waals surface area contributed by atoms with Crippen molar-refractivity contribution in [1.82, 2.24) is 10.6 Å². The van der Waals surface area contributed by atoms with Crippen LogP contribution >= 0.6 is 0 Å². The normalized spacial score (nSPS) is 16.8. The molecule has 0 aliphatic heterocycles. The summed E-state index contributed by atoms with van der Waals surface area (Å²) in [5, 5.41) is 15.7. The van der Waals surface area contributed by atoms with E-state index in [1.165, 1.54) is 7.11 Å². The molecule has 1 aromatic carbocycles. The molecule has 1 aliphatic carbocycles. The number of carbonyl (C=O) groups is 3. The number of benzene rings is 1. The Morgan fingerprint density at radius 3 is 2.42 bits per heavy atom. The summed E-state index contributed by atoms with van der Waals surface area (Å²) in [4.78, 5) is 38.6. The fourth-order valence-electron chi connectivity index (χ4n) is 4.56. The molecule has 0 spiro atoms. The highest BCUT2D eigenvalue weighted by molar-refractivity contribution is 5.86. The summed E-state index contributed by atoms with van der Waals surface area (Å²) in [5.74, 6) is -1.73. The lowest BCUT2D eigenvalue weighted by Gasteiger charge is -2.30. The zero-order valence-corrected chi connectivity index (χ0v) is 21.2. The van der Waals surface area contributed by atoms with Crippen molar-refractivity contribution in [2.45, 2.75) is 69.1 Å². The van der Waals surface area contributed by atoms with Gasteiger partial charge in [-0.05, 0) is 31.2 Å². The Morgan fingerprint density at radius 1 is 1.14 bits per heavy atom. The van der Waals surface area contributed by atoms with Gasteiger partial charge >= 0.3 is 5.97 Å². The fourth-order valence-corrected chi connectivity index (χ4v) is 4.56. The molecule has 2 amide bonds. The van der Waals surface area contributed by atoms with Gasteiger partial charge in [0, 0.05) is 20.0 Å². The van der Waals surface area contributed by atoms with Crippen molar-refractivity contribution in [1.29, 1.82) is 0 Å². The van der Waals surface area contributed by atoms with Crippen LogP contribution in [0.15, 0.2) is 55.6 Å². The van der Waals surface area contributed by atoms with Crippen LogP contribution in [0.1, 0.15) is 63.0 Å². The van der Waals surface area contributed by atoms with Crippen LogP contribution in [0.4, 0.5) is 0 Å². The smallest absolute Gasteiger partial charge is 0.306 e. The molecule has 0 bridgehead atoms. The Labute approximate surface area is 214 Å². The standard InChI is InChI=1S/C28H40N2O6/c1-4-6-15-25(33)36-26(21-13-8-7-9-14-21)23(19-35-3)29-27(34)22(12-5-2)18-24(32)30-28(20-31)16-10-11-17-28/h4-5,7-9,13-14,22-23,26,31H,1-2,6,10-12,15-20H2,3H3,(H,29,34)(H,30,32)/t22-,23-,26-/m0/s1. The number of carbonyl (C=O) groups excluding carboxylic acids is 3. The highest BCUT2D eigenvalue weighted by Crippen LogP contribution is 2.29. The number of aliphatic hydroxyl groups excluding tert-OH is 1. The zero-order chi connectivity index (χ0) is 26.4. The molecule has 0 radical (unpaired) electrons. The van der Waals surface area contributed by atoms with Gasteiger partial charge in [0.2, 0.25) is 11.8 Å². The number of hydrogen-bond donors (Lipinski definition) is 3. The van der Waals surface area contributed by atoms with Gasteiger partial charge in [-0.3, -0.25) is 14.4 Å². The summed E-state index contributed by atoms with van der Waals surface area (Å²) in [6.07, 6.45) is 6.70. The maximum atomic E-state index is 13.3. The van der Waals surface area contributed by atoms with E-state index in [0.29, 0.717) is 12.8 Å². The average molecular weight is 501 g/mol. The molecule has 198 valence electrons. The maximum absolute atomic E-state index is 13.3. The van der Waals surface area contributed by atoms with Crippen LogP contribution in [0.2, 0.25) is 0 Å². The largest absolute Gasteiger partial charge is 0.455 e. The van der Waals surface area contributed by atoms with Gasteiger partial charge in [0.15, 0.2) is 0 Å². The number of hydrogen-bond acceptors (Lipinski definition) is 6. The lowest BCUT2D eigenvalue weighted by Crippen LogP contribution is -2.51. The van der Waals surface area contributed by atoms with E-state index in [-0.39, 0.29) is 37.9 Å². The summed E-state index contributed by atoms with van der Waals surface area (Å²) in [6, 6.07) is 8.49. The topological polar surface area (TPSA) is 114 Å². The molecule has 0 saturated heterocycles. The zero-order valence-electron chi connectivity index (χ0n) is 21.2. The Balaban J connectivity index is 2.17. The van der Waals surface area contributed by atoms with Gasteiger partial charge in [-0.25, -0.2) is 0 Å². The molecule has 1 aromatic rings. The van der Waals surface area contributed by atoms with Gasteiger partial charge in [-0.15, -0.1) is 13.2 Å². The molecular weight excluding hydrogens is 460 g/mol. The SMILES string of the molecule is C=CCCC(=O)O[C@@H](c1ccccc1)[C@H](COC)NC(=O)[C@@H](CC=C)CC(=O)NC1(CO)CCCC1.